The van der Waals surface area contributed by atoms with E-state index in [2.05, 4.69) is 58.2 Å². The van der Waals surface area contributed by atoms with Crippen LogP contribution in [0.1, 0.15) is 25.0 Å². The topological polar surface area (TPSA) is 13.1 Å². The predicted octanol–water partition coefficient (Wildman–Crippen LogP) is 6.12. The summed E-state index contributed by atoms with van der Waals surface area (Å²) in [5, 5.41) is 3.49. The van der Waals surface area contributed by atoms with Crippen LogP contribution in [0.15, 0.2) is 71.7 Å². The zero-order valence-electron chi connectivity index (χ0n) is 14.5. The van der Waals surface area contributed by atoms with E-state index < -0.39 is 0 Å². The van der Waals surface area contributed by atoms with Crippen molar-refractivity contribution in [3.8, 4) is 0 Å². The summed E-state index contributed by atoms with van der Waals surface area (Å²) >= 11 is 0. The molecule has 0 bridgehead atoms. The van der Waals surface area contributed by atoms with Crippen molar-refractivity contribution in [3.63, 3.8) is 0 Å². The van der Waals surface area contributed by atoms with Crippen LogP contribution in [0, 0.1) is 6.92 Å². The van der Waals surface area contributed by atoms with Gasteiger partial charge in [-0.05, 0) is 59.9 Å². The first-order valence-electron chi connectivity index (χ1n) is 8.12. The molecule has 1 aromatic heterocycles. The Bertz CT molecular complexity index is 1050. The molecule has 0 aliphatic carbocycles. The number of rotatable bonds is 3. The van der Waals surface area contributed by atoms with E-state index in [0.717, 1.165) is 38.7 Å². The highest BCUT2D eigenvalue weighted by molar-refractivity contribution is 6.10. The lowest BCUT2D eigenvalue weighted by atomic mass is 9.99. The van der Waals surface area contributed by atoms with Crippen LogP contribution >= 0.6 is 0 Å². The van der Waals surface area contributed by atoms with Gasteiger partial charge >= 0.3 is 0 Å². The smallest absolute Gasteiger partial charge is 0.135 e. The Morgan fingerprint density at radius 1 is 1.04 bits per heavy atom. The van der Waals surface area contributed by atoms with Gasteiger partial charge in [-0.15, -0.1) is 0 Å². The monoisotopic (exact) mass is 314 g/mol. The molecular formula is C23H22O. The van der Waals surface area contributed by atoms with Crippen LogP contribution in [0.2, 0.25) is 0 Å². The van der Waals surface area contributed by atoms with Gasteiger partial charge in [0.05, 0.1) is 0 Å². The molecule has 0 atom stereocenters. The molecule has 0 spiro atoms. The van der Waals surface area contributed by atoms with Crippen molar-refractivity contribution in [3.05, 3.63) is 83.8 Å². The first kappa shape index (κ1) is 16.1. The predicted molar refractivity (Wildman–Crippen MR) is 106 cm³/mol. The number of allylic oxidation sites excluding steroid dienone is 3. The Morgan fingerprint density at radius 3 is 2.42 bits per heavy atom. The molecule has 0 saturated carbocycles. The molecule has 1 nitrogen and oxygen atoms in total. The molecule has 3 aromatic rings. The third kappa shape index (κ3) is 2.52. The Balaban J connectivity index is 2.67. The summed E-state index contributed by atoms with van der Waals surface area (Å²) in [6, 6.07) is 12.5. The second-order valence-corrected chi connectivity index (χ2v) is 6.04. The molecule has 0 radical (unpaired) electrons. The van der Waals surface area contributed by atoms with Gasteiger partial charge in [0, 0.05) is 5.39 Å². The summed E-state index contributed by atoms with van der Waals surface area (Å²) in [6.07, 6.45) is 5.74. The lowest BCUT2D eigenvalue weighted by molar-refractivity contribution is 0.561. The summed E-state index contributed by atoms with van der Waals surface area (Å²) < 4.78 is 6.40. The van der Waals surface area contributed by atoms with Crippen LogP contribution in [-0.4, -0.2) is 0 Å². The van der Waals surface area contributed by atoms with E-state index in [1.54, 1.807) is 6.08 Å². The molecule has 24 heavy (non-hydrogen) atoms. The van der Waals surface area contributed by atoms with Gasteiger partial charge in [-0.3, -0.25) is 0 Å². The number of hydrogen-bond donors (Lipinski definition) is 0. The Morgan fingerprint density at radius 2 is 1.75 bits per heavy atom. The molecule has 1 heterocycles. The number of hydrogen-bond acceptors (Lipinski definition) is 1. The molecule has 2 aromatic carbocycles. The summed E-state index contributed by atoms with van der Waals surface area (Å²) in [4.78, 5) is 0. The van der Waals surface area contributed by atoms with Crippen molar-refractivity contribution < 1.29 is 4.42 Å². The van der Waals surface area contributed by atoms with Gasteiger partial charge < -0.3 is 4.42 Å². The minimum absolute atomic E-state index is 0.889. The van der Waals surface area contributed by atoms with E-state index in [9.17, 15) is 0 Å². The van der Waals surface area contributed by atoms with Crippen molar-refractivity contribution in [2.24, 2.45) is 0 Å². The van der Waals surface area contributed by atoms with Crippen LogP contribution < -0.4 is 5.42 Å². The lowest BCUT2D eigenvalue weighted by Crippen LogP contribution is -2.09. The van der Waals surface area contributed by atoms with Crippen molar-refractivity contribution in [1.29, 1.82) is 0 Å². The minimum atomic E-state index is 0.889. The molecular weight excluding hydrogens is 292 g/mol. The summed E-state index contributed by atoms with van der Waals surface area (Å²) in [7, 11) is 0. The molecule has 0 aliphatic heterocycles. The van der Waals surface area contributed by atoms with Gasteiger partial charge in [0.2, 0.25) is 0 Å². The molecule has 0 N–H and O–H groups in total. The SMILES string of the molecule is C=CC=C(C)C(C)=c1oc2cccc3cccc(c(C=C)c1C)c32. The Kier molecular flexibility index (Phi) is 4.26. The Labute approximate surface area is 142 Å². The van der Waals surface area contributed by atoms with E-state index >= 15 is 0 Å². The largest absolute Gasteiger partial charge is 0.456 e. The van der Waals surface area contributed by atoms with Crippen LogP contribution in [-0.2, 0) is 0 Å². The van der Waals surface area contributed by atoms with E-state index in [4.69, 9.17) is 4.42 Å². The van der Waals surface area contributed by atoms with E-state index in [0.29, 0.717) is 0 Å². The molecule has 120 valence electrons. The maximum absolute atomic E-state index is 6.40. The van der Waals surface area contributed by atoms with E-state index in [-0.39, 0.29) is 0 Å². The molecule has 0 saturated heterocycles. The Hall–Kier alpha value is -2.80. The van der Waals surface area contributed by atoms with Crippen molar-refractivity contribution >= 4 is 33.4 Å². The number of benzene rings is 2. The van der Waals surface area contributed by atoms with Gasteiger partial charge in [-0.25, -0.2) is 0 Å². The molecule has 0 fully saturated rings. The van der Waals surface area contributed by atoms with Gasteiger partial charge in [0.25, 0.3) is 0 Å². The summed E-state index contributed by atoms with van der Waals surface area (Å²) in [6.45, 7) is 14.1. The van der Waals surface area contributed by atoms with Crippen LogP contribution in [0.3, 0.4) is 0 Å². The molecule has 3 rings (SSSR count). The summed E-state index contributed by atoms with van der Waals surface area (Å²) in [5.74, 6) is 0. The van der Waals surface area contributed by atoms with Crippen molar-refractivity contribution in [2.75, 3.05) is 0 Å². The molecule has 0 aliphatic rings. The molecule has 0 unspecified atom stereocenters. The standard InChI is InChI=1S/C23H22O/c1-6-10-15(3)16(4)23-17(5)19(7-2)20-13-8-11-18-12-9-14-21(24-23)22(18)20/h6-14H,1-2H2,3-5H3. The van der Waals surface area contributed by atoms with E-state index in [1.807, 2.05) is 24.3 Å². The van der Waals surface area contributed by atoms with Crippen LogP contribution in [0.4, 0.5) is 0 Å². The quantitative estimate of drug-likeness (QED) is 0.531. The average Bonchev–Trinajstić information content (AvgIpc) is 2.71. The zero-order valence-corrected chi connectivity index (χ0v) is 14.5. The van der Waals surface area contributed by atoms with Gasteiger partial charge in [-0.2, -0.15) is 0 Å². The fourth-order valence-corrected chi connectivity index (χ4v) is 3.23. The maximum Gasteiger partial charge on any atom is 0.135 e. The van der Waals surface area contributed by atoms with E-state index in [1.165, 1.54) is 10.8 Å². The highest BCUT2D eigenvalue weighted by atomic mass is 16.3. The second-order valence-electron chi connectivity index (χ2n) is 6.04. The average molecular weight is 314 g/mol. The maximum atomic E-state index is 6.40. The molecule has 0 amide bonds. The third-order valence-electron chi connectivity index (χ3n) is 4.62. The molecule has 1 heteroatoms. The minimum Gasteiger partial charge on any atom is -0.456 e. The normalized spacial score (nSPS) is 13.2. The van der Waals surface area contributed by atoms with Crippen LogP contribution in [0.5, 0.6) is 0 Å². The summed E-state index contributed by atoms with van der Waals surface area (Å²) in [5.41, 5.74) is 6.25. The first-order valence-corrected chi connectivity index (χ1v) is 8.12. The lowest BCUT2D eigenvalue weighted by Gasteiger charge is -2.03. The highest BCUT2D eigenvalue weighted by Crippen LogP contribution is 2.29. The van der Waals surface area contributed by atoms with Crippen molar-refractivity contribution in [1.82, 2.24) is 0 Å². The third-order valence-corrected chi connectivity index (χ3v) is 4.62. The van der Waals surface area contributed by atoms with Crippen LogP contribution in [0.25, 0.3) is 33.4 Å². The van der Waals surface area contributed by atoms with Gasteiger partial charge in [0.1, 0.15) is 11.0 Å². The fourth-order valence-electron chi connectivity index (χ4n) is 3.23. The second kappa shape index (κ2) is 6.37. The fraction of sp³-hybridized carbons (Fsp3) is 0.130. The first-order chi connectivity index (χ1) is 11.6. The zero-order chi connectivity index (χ0) is 17.3. The van der Waals surface area contributed by atoms with Gasteiger partial charge in [-0.1, -0.05) is 61.7 Å². The highest BCUT2D eigenvalue weighted by Gasteiger charge is 2.10. The van der Waals surface area contributed by atoms with Crippen molar-refractivity contribution in [2.45, 2.75) is 20.8 Å². The van der Waals surface area contributed by atoms with Gasteiger partial charge in [0.15, 0.2) is 0 Å².